The Morgan fingerprint density at radius 3 is 2.64 bits per heavy atom. The van der Waals surface area contributed by atoms with Crippen molar-refractivity contribution < 1.29 is 4.79 Å². The molecule has 0 aromatic carbocycles. The molecule has 1 rings (SSSR count). The van der Waals surface area contributed by atoms with Gasteiger partial charge in [0.2, 0.25) is 0 Å². The Morgan fingerprint density at radius 1 is 1.64 bits per heavy atom. The monoisotopic (exact) mass is 153 g/mol. The minimum Gasteiger partial charge on any atom is -0.330 e. The second-order valence-corrected chi connectivity index (χ2v) is 2.60. The maximum atomic E-state index is 11.2. The van der Waals surface area contributed by atoms with E-state index < -0.39 is 0 Å². The summed E-state index contributed by atoms with van der Waals surface area (Å²) in [5.41, 5.74) is 0.847. The number of rotatable bonds is 0. The molecule has 0 radical (unpaired) electrons. The number of imidazole rings is 1. The summed E-state index contributed by atoms with van der Waals surface area (Å²) in [6, 6.07) is -0.0781. The molecule has 60 valence electrons. The number of aryl methyl sites for hydroxylation is 1. The first-order chi connectivity index (χ1) is 5.11. The smallest absolute Gasteiger partial charge is 0.328 e. The zero-order valence-electron chi connectivity index (χ0n) is 6.90. The summed E-state index contributed by atoms with van der Waals surface area (Å²) in [6.45, 7) is 1.85. The first-order valence-electron chi connectivity index (χ1n) is 3.33. The Bertz CT molecular complexity index is 264. The standard InChI is InChI=1S/C7H11N3O/c1-6-4-10(5-8-6)7(11)9(2)3/h4-5H,1-3H3. The molecule has 11 heavy (non-hydrogen) atoms. The third kappa shape index (κ3) is 1.58. The molecule has 1 aromatic heterocycles. The minimum atomic E-state index is -0.0781. The number of nitrogens with zero attached hydrogens (tertiary/aromatic N) is 3. The molecule has 1 aromatic rings. The molecule has 0 aliphatic rings. The van der Waals surface area contributed by atoms with Crippen molar-refractivity contribution >= 4 is 6.03 Å². The molecular formula is C7H11N3O. The van der Waals surface area contributed by atoms with Gasteiger partial charge in [0, 0.05) is 20.3 Å². The molecule has 1 amide bonds. The van der Waals surface area contributed by atoms with E-state index in [1.807, 2.05) is 6.92 Å². The molecular weight excluding hydrogens is 142 g/mol. The normalized spacial score (nSPS) is 9.73. The number of aromatic nitrogens is 2. The van der Waals surface area contributed by atoms with E-state index in [1.165, 1.54) is 15.8 Å². The van der Waals surface area contributed by atoms with Gasteiger partial charge in [0.15, 0.2) is 0 Å². The van der Waals surface area contributed by atoms with Crippen molar-refractivity contribution in [3.8, 4) is 0 Å². The van der Waals surface area contributed by atoms with Crippen molar-refractivity contribution in [3.05, 3.63) is 18.2 Å². The lowest BCUT2D eigenvalue weighted by molar-refractivity contribution is 0.219. The van der Waals surface area contributed by atoms with Crippen molar-refractivity contribution in [1.29, 1.82) is 0 Å². The van der Waals surface area contributed by atoms with Gasteiger partial charge in [-0.15, -0.1) is 0 Å². The third-order valence-electron chi connectivity index (χ3n) is 1.32. The van der Waals surface area contributed by atoms with Gasteiger partial charge in [-0.1, -0.05) is 0 Å². The Morgan fingerprint density at radius 2 is 2.27 bits per heavy atom. The largest absolute Gasteiger partial charge is 0.330 e. The summed E-state index contributed by atoms with van der Waals surface area (Å²) in [7, 11) is 3.41. The first-order valence-corrected chi connectivity index (χ1v) is 3.33. The van der Waals surface area contributed by atoms with Crippen molar-refractivity contribution in [2.75, 3.05) is 14.1 Å². The van der Waals surface area contributed by atoms with Crippen LogP contribution in [0.4, 0.5) is 4.79 Å². The predicted octanol–water partition coefficient (Wildman–Crippen LogP) is 0.721. The first kappa shape index (κ1) is 7.78. The highest BCUT2D eigenvalue weighted by Gasteiger charge is 2.05. The van der Waals surface area contributed by atoms with E-state index in [0.717, 1.165) is 5.69 Å². The van der Waals surface area contributed by atoms with E-state index >= 15 is 0 Å². The van der Waals surface area contributed by atoms with E-state index in [-0.39, 0.29) is 6.03 Å². The van der Waals surface area contributed by atoms with Crippen LogP contribution in [0.15, 0.2) is 12.5 Å². The molecule has 0 aliphatic heterocycles. The summed E-state index contributed by atoms with van der Waals surface area (Å²) < 4.78 is 1.45. The quantitative estimate of drug-likeness (QED) is 0.551. The second kappa shape index (κ2) is 2.74. The summed E-state index contributed by atoms with van der Waals surface area (Å²) in [6.07, 6.45) is 3.21. The lowest BCUT2D eigenvalue weighted by Gasteiger charge is -2.08. The fourth-order valence-electron chi connectivity index (χ4n) is 0.757. The van der Waals surface area contributed by atoms with Gasteiger partial charge in [-0.25, -0.2) is 9.78 Å². The van der Waals surface area contributed by atoms with Crippen LogP contribution < -0.4 is 0 Å². The topological polar surface area (TPSA) is 38.1 Å². The summed E-state index contributed by atoms with van der Waals surface area (Å²) in [4.78, 5) is 16.6. The van der Waals surface area contributed by atoms with E-state index in [9.17, 15) is 4.79 Å². The number of carbonyl (C=O) groups is 1. The average Bonchev–Trinajstić information content (AvgIpc) is 2.34. The Hall–Kier alpha value is -1.32. The van der Waals surface area contributed by atoms with Crippen LogP contribution >= 0.6 is 0 Å². The molecule has 0 bridgehead atoms. The van der Waals surface area contributed by atoms with E-state index in [1.54, 1.807) is 20.3 Å². The molecule has 0 saturated carbocycles. The van der Waals surface area contributed by atoms with Gasteiger partial charge in [0.1, 0.15) is 6.33 Å². The number of carbonyl (C=O) groups excluding carboxylic acids is 1. The number of hydrogen-bond donors (Lipinski definition) is 0. The van der Waals surface area contributed by atoms with Crippen LogP contribution in [0, 0.1) is 6.92 Å². The fraction of sp³-hybridized carbons (Fsp3) is 0.429. The van der Waals surface area contributed by atoms with Crippen molar-refractivity contribution in [2.24, 2.45) is 0 Å². The van der Waals surface area contributed by atoms with Gasteiger partial charge in [-0.2, -0.15) is 0 Å². The maximum Gasteiger partial charge on any atom is 0.328 e. The predicted molar refractivity (Wildman–Crippen MR) is 41.4 cm³/mol. The van der Waals surface area contributed by atoms with Crippen LogP contribution in [0.5, 0.6) is 0 Å². The van der Waals surface area contributed by atoms with Crippen LogP contribution in [0.1, 0.15) is 5.69 Å². The van der Waals surface area contributed by atoms with Crippen LogP contribution in [0.3, 0.4) is 0 Å². The zero-order valence-corrected chi connectivity index (χ0v) is 6.90. The molecule has 0 spiro atoms. The van der Waals surface area contributed by atoms with Gasteiger partial charge in [-0.05, 0) is 6.92 Å². The molecule has 1 heterocycles. The van der Waals surface area contributed by atoms with Crippen molar-refractivity contribution in [3.63, 3.8) is 0 Å². The van der Waals surface area contributed by atoms with Gasteiger partial charge >= 0.3 is 6.03 Å². The minimum absolute atomic E-state index is 0.0781. The number of hydrogen-bond acceptors (Lipinski definition) is 2. The fourth-order valence-corrected chi connectivity index (χ4v) is 0.757. The van der Waals surface area contributed by atoms with E-state index in [0.29, 0.717) is 0 Å². The molecule has 0 aliphatic carbocycles. The zero-order chi connectivity index (χ0) is 8.43. The summed E-state index contributed by atoms with van der Waals surface area (Å²) >= 11 is 0. The Labute approximate surface area is 65.5 Å². The maximum absolute atomic E-state index is 11.2. The van der Waals surface area contributed by atoms with Crippen LogP contribution in [-0.2, 0) is 0 Å². The lowest BCUT2D eigenvalue weighted by atomic mass is 10.6. The van der Waals surface area contributed by atoms with E-state index in [4.69, 9.17) is 0 Å². The lowest BCUT2D eigenvalue weighted by Crippen LogP contribution is -2.26. The van der Waals surface area contributed by atoms with Gasteiger partial charge in [0.05, 0.1) is 5.69 Å². The highest BCUT2D eigenvalue weighted by Crippen LogP contribution is 1.94. The Kier molecular flexibility index (Phi) is 1.94. The molecule has 0 atom stereocenters. The van der Waals surface area contributed by atoms with Crippen molar-refractivity contribution in [1.82, 2.24) is 14.5 Å². The SMILES string of the molecule is Cc1cn(C(=O)N(C)C)cn1. The summed E-state index contributed by atoms with van der Waals surface area (Å²) in [5.74, 6) is 0. The molecule has 4 heteroatoms. The van der Waals surface area contributed by atoms with Crippen molar-refractivity contribution in [2.45, 2.75) is 6.92 Å². The van der Waals surface area contributed by atoms with Gasteiger partial charge in [-0.3, -0.25) is 4.57 Å². The number of amides is 1. The highest BCUT2D eigenvalue weighted by atomic mass is 16.2. The van der Waals surface area contributed by atoms with Gasteiger partial charge < -0.3 is 4.90 Å². The van der Waals surface area contributed by atoms with Crippen LogP contribution in [0.2, 0.25) is 0 Å². The molecule has 0 saturated heterocycles. The molecule has 0 N–H and O–H groups in total. The average molecular weight is 153 g/mol. The van der Waals surface area contributed by atoms with Crippen LogP contribution in [-0.4, -0.2) is 34.6 Å². The second-order valence-electron chi connectivity index (χ2n) is 2.60. The molecule has 0 fully saturated rings. The molecule has 4 nitrogen and oxygen atoms in total. The highest BCUT2D eigenvalue weighted by molar-refractivity contribution is 5.76. The third-order valence-corrected chi connectivity index (χ3v) is 1.32. The molecule has 0 unspecified atom stereocenters. The van der Waals surface area contributed by atoms with Gasteiger partial charge in [0.25, 0.3) is 0 Å². The van der Waals surface area contributed by atoms with Crippen LogP contribution in [0.25, 0.3) is 0 Å². The van der Waals surface area contributed by atoms with E-state index in [2.05, 4.69) is 4.98 Å². The Balaban J connectivity index is 2.85. The summed E-state index contributed by atoms with van der Waals surface area (Å²) in [5, 5.41) is 0.